The zero-order valence-corrected chi connectivity index (χ0v) is 9.23. The van der Waals surface area contributed by atoms with Gasteiger partial charge in [-0.2, -0.15) is 0 Å². The van der Waals surface area contributed by atoms with Crippen molar-refractivity contribution in [2.24, 2.45) is 11.3 Å². The fraction of sp³-hybridized carbons (Fsp3) is 1.00. The van der Waals surface area contributed by atoms with Crippen LogP contribution in [0.25, 0.3) is 0 Å². The fourth-order valence-corrected chi connectivity index (χ4v) is 2.60. The lowest BCUT2D eigenvalue weighted by Gasteiger charge is -2.38. The Kier molecular flexibility index (Phi) is 2.18. The van der Waals surface area contributed by atoms with Crippen molar-refractivity contribution < 1.29 is 4.74 Å². The maximum absolute atomic E-state index is 5.53. The second-order valence-corrected chi connectivity index (χ2v) is 5.59. The Morgan fingerprint density at radius 1 is 1.31 bits per heavy atom. The van der Waals surface area contributed by atoms with Gasteiger partial charge in [0.1, 0.15) is 0 Å². The van der Waals surface area contributed by atoms with E-state index in [1.165, 1.54) is 32.1 Å². The summed E-state index contributed by atoms with van der Waals surface area (Å²) in [6.45, 7) is 8.21. The van der Waals surface area contributed by atoms with Crippen LogP contribution in [0.5, 0.6) is 0 Å². The SMILES string of the molecule is CCC(C)(C)C1CCC2(CC1)CO2. The molecule has 0 aromatic rings. The number of hydrogen-bond acceptors (Lipinski definition) is 1. The number of hydrogen-bond donors (Lipinski definition) is 0. The van der Waals surface area contributed by atoms with Crippen molar-refractivity contribution in [1.29, 1.82) is 0 Å². The molecule has 0 aromatic carbocycles. The van der Waals surface area contributed by atoms with Gasteiger partial charge in [-0.25, -0.2) is 0 Å². The van der Waals surface area contributed by atoms with Gasteiger partial charge in [0.15, 0.2) is 0 Å². The highest BCUT2D eigenvalue weighted by Crippen LogP contribution is 2.49. The lowest BCUT2D eigenvalue weighted by molar-refractivity contribution is 0.108. The van der Waals surface area contributed by atoms with E-state index in [9.17, 15) is 0 Å². The molecule has 2 fully saturated rings. The highest BCUT2D eigenvalue weighted by Gasteiger charge is 2.48. The van der Waals surface area contributed by atoms with Crippen LogP contribution in [0.4, 0.5) is 0 Å². The molecule has 2 aliphatic rings. The lowest BCUT2D eigenvalue weighted by Crippen LogP contribution is -2.30. The van der Waals surface area contributed by atoms with Crippen molar-refractivity contribution >= 4 is 0 Å². The molecule has 1 heterocycles. The normalized spacial score (nSPS) is 39.5. The maximum Gasteiger partial charge on any atom is 0.0916 e. The van der Waals surface area contributed by atoms with Crippen molar-refractivity contribution in [3.05, 3.63) is 0 Å². The zero-order chi connectivity index (χ0) is 9.53. The molecule has 1 saturated heterocycles. The molecule has 1 saturated carbocycles. The van der Waals surface area contributed by atoms with Crippen LogP contribution in [0.2, 0.25) is 0 Å². The standard InChI is InChI=1S/C12H22O/c1-4-11(2,3)10-5-7-12(8-6-10)9-13-12/h10H,4-9H2,1-3H3. The molecule has 0 bridgehead atoms. The topological polar surface area (TPSA) is 12.5 Å². The highest BCUT2D eigenvalue weighted by molar-refractivity contribution is 4.98. The average molecular weight is 182 g/mol. The molecule has 1 spiro atoms. The first-order valence-corrected chi connectivity index (χ1v) is 5.72. The molecular formula is C12H22O. The largest absolute Gasteiger partial charge is 0.370 e. The molecule has 1 aliphatic heterocycles. The molecule has 1 heteroatoms. The number of ether oxygens (including phenoxy) is 1. The lowest BCUT2D eigenvalue weighted by atomic mass is 9.67. The van der Waals surface area contributed by atoms with E-state index in [0.717, 1.165) is 12.5 Å². The third-order valence-electron chi connectivity index (χ3n) is 4.47. The molecule has 1 nitrogen and oxygen atoms in total. The molecule has 1 aliphatic carbocycles. The predicted octanol–water partition coefficient (Wildman–Crippen LogP) is 3.38. The Balaban J connectivity index is 1.90. The van der Waals surface area contributed by atoms with Gasteiger partial charge in [-0.15, -0.1) is 0 Å². The molecule has 0 aromatic heterocycles. The predicted molar refractivity (Wildman–Crippen MR) is 54.7 cm³/mol. The van der Waals surface area contributed by atoms with Gasteiger partial charge in [0.25, 0.3) is 0 Å². The van der Waals surface area contributed by atoms with E-state index in [1.807, 2.05) is 0 Å². The summed E-state index contributed by atoms with van der Waals surface area (Å²) in [5, 5.41) is 0. The zero-order valence-electron chi connectivity index (χ0n) is 9.23. The average Bonchev–Trinajstić information content (AvgIpc) is 2.86. The molecule has 0 amide bonds. The first-order chi connectivity index (χ1) is 6.08. The van der Waals surface area contributed by atoms with Crippen LogP contribution < -0.4 is 0 Å². The van der Waals surface area contributed by atoms with Crippen LogP contribution in [-0.4, -0.2) is 12.2 Å². The Morgan fingerprint density at radius 2 is 1.85 bits per heavy atom. The van der Waals surface area contributed by atoms with Gasteiger partial charge in [0.05, 0.1) is 12.2 Å². The highest BCUT2D eigenvalue weighted by atomic mass is 16.6. The van der Waals surface area contributed by atoms with Crippen LogP contribution in [0.1, 0.15) is 52.9 Å². The monoisotopic (exact) mass is 182 g/mol. The maximum atomic E-state index is 5.53. The summed E-state index contributed by atoms with van der Waals surface area (Å²) in [6.07, 6.45) is 6.73. The quantitative estimate of drug-likeness (QED) is 0.596. The first-order valence-electron chi connectivity index (χ1n) is 5.72. The minimum atomic E-state index is 0.375. The van der Waals surface area contributed by atoms with Crippen LogP contribution >= 0.6 is 0 Å². The van der Waals surface area contributed by atoms with Gasteiger partial charge in [-0.3, -0.25) is 0 Å². The summed E-state index contributed by atoms with van der Waals surface area (Å²) in [5.74, 6) is 0.937. The molecule has 76 valence electrons. The minimum Gasteiger partial charge on any atom is -0.370 e. The summed E-state index contributed by atoms with van der Waals surface area (Å²) in [6, 6.07) is 0. The van der Waals surface area contributed by atoms with Gasteiger partial charge >= 0.3 is 0 Å². The summed E-state index contributed by atoms with van der Waals surface area (Å²) in [5.41, 5.74) is 0.927. The van der Waals surface area contributed by atoms with Gasteiger partial charge in [0, 0.05) is 0 Å². The molecule has 0 atom stereocenters. The Bertz CT molecular complexity index is 181. The van der Waals surface area contributed by atoms with Gasteiger partial charge < -0.3 is 4.74 Å². The molecular weight excluding hydrogens is 160 g/mol. The fourth-order valence-electron chi connectivity index (χ4n) is 2.60. The van der Waals surface area contributed by atoms with E-state index >= 15 is 0 Å². The molecule has 13 heavy (non-hydrogen) atoms. The van der Waals surface area contributed by atoms with E-state index in [0.29, 0.717) is 11.0 Å². The molecule has 0 radical (unpaired) electrons. The van der Waals surface area contributed by atoms with Crippen LogP contribution in [0.3, 0.4) is 0 Å². The van der Waals surface area contributed by atoms with Crippen molar-refractivity contribution in [2.75, 3.05) is 6.61 Å². The minimum absolute atomic E-state index is 0.375. The Morgan fingerprint density at radius 3 is 2.23 bits per heavy atom. The van der Waals surface area contributed by atoms with E-state index in [-0.39, 0.29) is 0 Å². The number of epoxide rings is 1. The Hall–Kier alpha value is -0.0400. The van der Waals surface area contributed by atoms with E-state index < -0.39 is 0 Å². The summed E-state index contributed by atoms with van der Waals surface area (Å²) in [7, 11) is 0. The molecule has 0 N–H and O–H groups in total. The third kappa shape index (κ3) is 1.76. The van der Waals surface area contributed by atoms with Crippen LogP contribution in [0.15, 0.2) is 0 Å². The van der Waals surface area contributed by atoms with Crippen molar-refractivity contribution in [2.45, 2.75) is 58.5 Å². The number of rotatable bonds is 2. The summed E-state index contributed by atoms with van der Waals surface area (Å²) >= 11 is 0. The van der Waals surface area contributed by atoms with Gasteiger partial charge in [0.2, 0.25) is 0 Å². The summed E-state index contributed by atoms with van der Waals surface area (Å²) in [4.78, 5) is 0. The second kappa shape index (κ2) is 2.98. The second-order valence-electron chi connectivity index (χ2n) is 5.59. The van der Waals surface area contributed by atoms with E-state index in [1.54, 1.807) is 0 Å². The van der Waals surface area contributed by atoms with Crippen molar-refractivity contribution in [1.82, 2.24) is 0 Å². The third-order valence-corrected chi connectivity index (χ3v) is 4.47. The molecule has 2 rings (SSSR count). The smallest absolute Gasteiger partial charge is 0.0916 e. The summed E-state index contributed by atoms with van der Waals surface area (Å²) < 4.78 is 5.53. The first kappa shape index (κ1) is 9.51. The van der Waals surface area contributed by atoms with E-state index in [2.05, 4.69) is 20.8 Å². The van der Waals surface area contributed by atoms with Crippen LogP contribution in [0, 0.1) is 11.3 Å². The van der Waals surface area contributed by atoms with Crippen LogP contribution in [-0.2, 0) is 4.74 Å². The Labute approximate surface area is 81.9 Å². The van der Waals surface area contributed by atoms with Crippen molar-refractivity contribution in [3.8, 4) is 0 Å². The van der Waals surface area contributed by atoms with Gasteiger partial charge in [-0.1, -0.05) is 27.2 Å². The molecule has 0 unspecified atom stereocenters. The van der Waals surface area contributed by atoms with Gasteiger partial charge in [-0.05, 0) is 37.0 Å². The van der Waals surface area contributed by atoms with E-state index in [4.69, 9.17) is 4.74 Å². The van der Waals surface area contributed by atoms with Crippen molar-refractivity contribution in [3.63, 3.8) is 0 Å².